The van der Waals surface area contributed by atoms with Gasteiger partial charge in [0.15, 0.2) is 0 Å². The van der Waals surface area contributed by atoms with Crippen LogP contribution in [0, 0.1) is 0 Å². The predicted octanol–water partition coefficient (Wildman–Crippen LogP) is 3.12. The van der Waals surface area contributed by atoms with Crippen LogP contribution >= 0.6 is 0 Å². The average Bonchev–Trinajstić information content (AvgIpc) is 2.28. The molecule has 17 heavy (non-hydrogen) atoms. The summed E-state index contributed by atoms with van der Waals surface area (Å²) < 4.78 is 15.2. The number of rotatable bonds is 2. The number of benzene rings is 1. The Bertz CT molecular complexity index is 422. The van der Waals surface area contributed by atoms with E-state index in [4.69, 9.17) is 0 Å². The minimum Gasteiger partial charge on any atom is -0.242 e. The molecule has 0 heterocycles. The topological polar surface area (TPSA) is 29.1 Å². The normalized spacial score (nSPS) is 21.9. The maximum Gasteiger partial charge on any atom is 0.0975 e. The lowest BCUT2D eigenvalue weighted by atomic mass is 9.88. The lowest BCUT2D eigenvalue weighted by Gasteiger charge is -2.29. The van der Waals surface area contributed by atoms with Crippen LogP contribution in [-0.2, 0) is 17.4 Å². The molecule has 94 valence electrons. The van der Waals surface area contributed by atoms with E-state index in [1.807, 2.05) is 20.8 Å². The molecule has 0 spiro atoms. The molecule has 1 aromatic rings. The fraction of sp³-hybridized carbons (Fsp3) is 0.571. The Labute approximate surface area is 106 Å². The standard InChI is InChI=1S/C14H21NOS/c1-14(2,3)17(16)15-13-10-6-8-11-7-4-5-9-12(11)13/h4-5,7,9,13,15H,6,8,10H2,1-3H3/t13-,17+/m0/s1. The van der Waals surface area contributed by atoms with Crippen molar-refractivity contribution < 1.29 is 4.21 Å². The summed E-state index contributed by atoms with van der Waals surface area (Å²) in [6.07, 6.45) is 3.41. The summed E-state index contributed by atoms with van der Waals surface area (Å²) in [6.45, 7) is 6.01. The van der Waals surface area contributed by atoms with Gasteiger partial charge in [-0.25, -0.2) is 8.93 Å². The first-order valence-corrected chi connectivity index (χ1v) is 7.39. The third kappa shape index (κ3) is 2.96. The van der Waals surface area contributed by atoms with E-state index in [2.05, 4.69) is 29.0 Å². The van der Waals surface area contributed by atoms with Gasteiger partial charge in [-0.2, -0.15) is 0 Å². The minimum absolute atomic E-state index is 0.202. The van der Waals surface area contributed by atoms with E-state index in [9.17, 15) is 4.21 Å². The molecule has 0 bridgehead atoms. The lowest BCUT2D eigenvalue weighted by Crippen LogP contribution is -2.36. The summed E-state index contributed by atoms with van der Waals surface area (Å²) in [5.41, 5.74) is 2.73. The highest BCUT2D eigenvalue weighted by Gasteiger charge is 2.26. The summed E-state index contributed by atoms with van der Waals surface area (Å²) >= 11 is 0. The molecule has 0 saturated carbocycles. The molecule has 0 aliphatic heterocycles. The van der Waals surface area contributed by atoms with Crippen molar-refractivity contribution in [2.24, 2.45) is 0 Å². The fourth-order valence-electron chi connectivity index (χ4n) is 2.18. The van der Waals surface area contributed by atoms with Crippen LogP contribution in [0.2, 0.25) is 0 Å². The lowest BCUT2D eigenvalue weighted by molar-refractivity contribution is 0.523. The van der Waals surface area contributed by atoms with Gasteiger partial charge in [-0.1, -0.05) is 24.3 Å². The van der Waals surface area contributed by atoms with E-state index in [1.54, 1.807) is 0 Å². The number of hydrogen-bond donors (Lipinski definition) is 1. The first-order valence-electron chi connectivity index (χ1n) is 6.24. The van der Waals surface area contributed by atoms with Crippen LogP contribution in [-0.4, -0.2) is 8.96 Å². The van der Waals surface area contributed by atoms with E-state index in [-0.39, 0.29) is 10.8 Å². The molecule has 1 aliphatic carbocycles. The second kappa shape index (κ2) is 4.91. The summed E-state index contributed by atoms with van der Waals surface area (Å²) in [5, 5.41) is 0. The first kappa shape index (κ1) is 12.8. The van der Waals surface area contributed by atoms with Gasteiger partial charge in [0, 0.05) is 6.04 Å². The second-order valence-electron chi connectivity index (χ2n) is 5.64. The van der Waals surface area contributed by atoms with Crippen LogP contribution in [0.5, 0.6) is 0 Å². The molecule has 2 nitrogen and oxygen atoms in total. The number of nitrogens with one attached hydrogen (secondary N) is 1. The zero-order valence-corrected chi connectivity index (χ0v) is 11.6. The van der Waals surface area contributed by atoms with Crippen LogP contribution in [0.3, 0.4) is 0 Å². The predicted molar refractivity (Wildman–Crippen MR) is 73.2 cm³/mol. The van der Waals surface area contributed by atoms with Gasteiger partial charge in [-0.05, 0) is 51.2 Å². The molecule has 2 atom stereocenters. The van der Waals surface area contributed by atoms with Crippen molar-refractivity contribution in [3.63, 3.8) is 0 Å². The highest BCUT2D eigenvalue weighted by Crippen LogP contribution is 2.30. The zero-order valence-electron chi connectivity index (χ0n) is 10.8. The van der Waals surface area contributed by atoms with Gasteiger partial charge in [0.1, 0.15) is 0 Å². The van der Waals surface area contributed by atoms with Gasteiger partial charge < -0.3 is 0 Å². The van der Waals surface area contributed by atoms with Gasteiger partial charge >= 0.3 is 0 Å². The molecular formula is C14H21NOS. The van der Waals surface area contributed by atoms with Crippen LogP contribution in [0.15, 0.2) is 24.3 Å². The van der Waals surface area contributed by atoms with E-state index in [1.165, 1.54) is 17.5 Å². The Morgan fingerprint density at radius 1 is 1.29 bits per heavy atom. The molecule has 0 saturated heterocycles. The Kier molecular flexibility index (Phi) is 3.69. The maximum absolute atomic E-state index is 12.1. The van der Waals surface area contributed by atoms with Crippen molar-refractivity contribution in [2.75, 3.05) is 0 Å². The Morgan fingerprint density at radius 2 is 2.00 bits per heavy atom. The van der Waals surface area contributed by atoms with Gasteiger partial charge in [0.2, 0.25) is 0 Å². The van der Waals surface area contributed by atoms with Crippen molar-refractivity contribution >= 4 is 11.0 Å². The SMILES string of the molecule is CC(C)(C)[S@@](=O)N[C@H]1CCCc2ccccc21. The van der Waals surface area contributed by atoms with Crippen LogP contribution in [0.1, 0.15) is 50.8 Å². The monoisotopic (exact) mass is 251 g/mol. The molecule has 1 N–H and O–H groups in total. The van der Waals surface area contributed by atoms with E-state index in [0.29, 0.717) is 0 Å². The highest BCUT2D eigenvalue weighted by molar-refractivity contribution is 7.84. The highest BCUT2D eigenvalue weighted by atomic mass is 32.2. The first-order chi connectivity index (χ1) is 7.98. The molecule has 2 rings (SSSR count). The van der Waals surface area contributed by atoms with Crippen molar-refractivity contribution in [2.45, 2.75) is 50.8 Å². The number of aryl methyl sites for hydroxylation is 1. The number of fused-ring (bicyclic) bond motifs is 1. The Morgan fingerprint density at radius 3 is 2.71 bits per heavy atom. The maximum atomic E-state index is 12.1. The van der Waals surface area contributed by atoms with Crippen LogP contribution in [0.25, 0.3) is 0 Å². The third-order valence-corrected chi connectivity index (χ3v) is 4.79. The summed E-state index contributed by atoms with van der Waals surface area (Å²) in [5.74, 6) is 0. The molecule has 3 heteroatoms. The summed E-state index contributed by atoms with van der Waals surface area (Å²) in [7, 11) is -0.992. The molecule has 0 aromatic heterocycles. The van der Waals surface area contributed by atoms with Crippen molar-refractivity contribution in [3.8, 4) is 0 Å². The van der Waals surface area contributed by atoms with Crippen molar-refractivity contribution in [3.05, 3.63) is 35.4 Å². The smallest absolute Gasteiger partial charge is 0.0975 e. The third-order valence-electron chi connectivity index (χ3n) is 3.17. The summed E-state index contributed by atoms with van der Waals surface area (Å²) in [4.78, 5) is 0. The molecule has 0 amide bonds. The Hall–Kier alpha value is -0.670. The zero-order chi connectivity index (χ0) is 12.5. The molecule has 0 unspecified atom stereocenters. The molecule has 1 aromatic carbocycles. The van der Waals surface area contributed by atoms with Crippen molar-refractivity contribution in [1.29, 1.82) is 0 Å². The van der Waals surface area contributed by atoms with E-state index < -0.39 is 11.0 Å². The number of hydrogen-bond acceptors (Lipinski definition) is 1. The van der Waals surface area contributed by atoms with Gasteiger partial charge in [-0.15, -0.1) is 0 Å². The van der Waals surface area contributed by atoms with Gasteiger partial charge in [0.25, 0.3) is 0 Å². The largest absolute Gasteiger partial charge is 0.242 e. The minimum atomic E-state index is -0.992. The second-order valence-corrected chi connectivity index (χ2v) is 7.64. The van der Waals surface area contributed by atoms with Crippen molar-refractivity contribution in [1.82, 2.24) is 4.72 Å². The van der Waals surface area contributed by atoms with E-state index in [0.717, 1.165) is 12.8 Å². The molecular weight excluding hydrogens is 230 g/mol. The summed E-state index contributed by atoms with van der Waals surface area (Å²) in [6, 6.07) is 8.75. The molecule has 1 aliphatic rings. The Balaban J connectivity index is 2.17. The quantitative estimate of drug-likeness (QED) is 0.859. The molecule has 0 fully saturated rings. The van der Waals surface area contributed by atoms with Gasteiger partial charge in [0.05, 0.1) is 15.7 Å². The van der Waals surface area contributed by atoms with Gasteiger partial charge in [-0.3, -0.25) is 0 Å². The van der Waals surface area contributed by atoms with Crippen LogP contribution < -0.4 is 4.72 Å². The molecule has 0 radical (unpaired) electrons. The fourth-order valence-corrected chi connectivity index (χ4v) is 3.04. The van der Waals surface area contributed by atoms with E-state index >= 15 is 0 Å². The average molecular weight is 251 g/mol. The van der Waals surface area contributed by atoms with Crippen LogP contribution in [0.4, 0.5) is 0 Å².